The highest BCUT2D eigenvalue weighted by Crippen LogP contribution is 2.18. The number of ether oxygens (including phenoxy) is 1. The molecule has 1 rings (SSSR count). The predicted molar refractivity (Wildman–Crippen MR) is 61.5 cm³/mol. The minimum atomic E-state index is -0.785. The molecule has 0 aromatic heterocycles. The first-order valence-corrected chi connectivity index (χ1v) is 5.79. The van der Waals surface area contributed by atoms with Gasteiger partial charge < -0.3 is 15.2 Å². The average Bonchev–Trinajstić information content (AvgIpc) is 2.26. The van der Waals surface area contributed by atoms with Crippen molar-refractivity contribution in [3.8, 4) is 0 Å². The maximum absolute atomic E-state index is 11.1. The highest BCUT2D eigenvalue weighted by atomic mass is 16.5. The topological polar surface area (TPSA) is 61.8 Å². The number of carboxylic acids is 1. The van der Waals surface area contributed by atoms with Crippen LogP contribution in [0.4, 0.5) is 0 Å². The van der Waals surface area contributed by atoms with Crippen molar-refractivity contribution >= 4 is 5.97 Å². The van der Waals surface area contributed by atoms with E-state index in [2.05, 4.69) is 5.32 Å². The van der Waals surface area contributed by atoms with Gasteiger partial charge in [0.15, 0.2) is 0 Å². The van der Waals surface area contributed by atoms with Crippen LogP contribution >= 0.6 is 0 Å². The van der Waals surface area contributed by atoms with Crippen molar-refractivity contribution in [2.24, 2.45) is 5.92 Å². The molecule has 1 saturated heterocycles. The van der Waals surface area contributed by atoms with Gasteiger partial charge in [-0.05, 0) is 38.9 Å². The first-order valence-electron chi connectivity index (χ1n) is 5.79. The monoisotopic (exact) mass is 230 g/mol. The zero-order valence-electron chi connectivity index (χ0n) is 10.1. The lowest BCUT2D eigenvalue weighted by atomic mass is 9.96. The van der Waals surface area contributed by atoms with E-state index in [1.54, 1.807) is 7.11 Å². The third-order valence-corrected chi connectivity index (χ3v) is 3.09. The first kappa shape index (κ1) is 13.4. The van der Waals surface area contributed by atoms with Gasteiger partial charge in [-0.25, -0.2) is 0 Å². The molecule has 2 unspecified atom stereocenters. The van der Waals surface area contributed by atoms with Gasteiger partial charge in [0.25, 0.3) is 0 Å². The second kappa shape index (κ2) is 6.83. The van der Waals surface area contributed by atoms with Crippen LogP contribution in [0.15, 0.2) is 0 Å². The van der Waals surface area contributed by atoms with Crippen molar-refractivity contribution in [1.29, 1.82) is 0 Å². The van der Waals surface area contributed by atoms with Gasteiger partial charge in [0.1, 0.15) is 6.04 Å². The smallest absolute Gasteiger partial charge is 0.323 e. The van der Waals surface area contributed by atoms with E-state index in [4.69, 9.17) is 9.84 Å². The molecule has 94 valence electrons. The molecule has 0 radical (unpaired) electrons. The van der Waals surface area contributed by atoms with Crippen LogP contribution in [0.25, 0.3) is 0 Å². The van der Waals surface area contributed by atoms with Crippen LogP contribution in [0.3, 0.4) is 0 Å². The molecule has 2 atom stereocenters. The van der Waals surface area contributed by atoms with Crippen LogP contribution in [-0.4, -0.2) is 62.4 Å². The highest BCUT2D eigenvalue weighted by Gasteiger charge is 2.29. The Hall–Kier alpha value is -0.650. The molecule has 1 heterocycles. The lowest BCUT2D eigenvalue weighted by molar-refractivity contribution is -0.146. The van der Waals surface area contributed by atoms with E-state index >= 15 is 0 Å². The Bertz CT molecular complexity index is 221. The Kier molecular flexibility index (Phi) is 5.73. The van der Waals surface area contributed by atoms with Crippen LogP contribution < -0.4 is 5.32 Å². The molecule has 2 N–H and O–H groups in total. The zero-order chi connectivity index (χ0) is 12.0. The number of nitrogens with one attached hydrogen (secondary N) is 1. The average molecular weight is 230 g/mol. The summed E-state index contributed by atoms with van der Waals surface area (Å²) in [6.45, 7) is 2.93. The van der Waals surface area contributed by atoms with Crippen molar-refractivity contribution < 1.29 is 14.6 Å². The Morgan fingerprint density at radius 2 is 2.44 bits per heavy atom. The van der Waals surface area contributed by atoms with Gasteiger partial charge in [-0.1, -0.05) is 0 Å². The largest absolute Gasteiger partial charge is 0.480 e. The van der Waals surface area contributed by atoms with Crippen LogP contribution in [0, 0.1) is 5.92 Å². The van der Waals surface area contributed by atoms with Gasteiger partial charge in [0, 0.05) is 13.7 Å². The molecule has 0 aromatic carbocycles. The molecule has 5 nitrogen and oxygen atoms in total. The Morgan fingerprint density at radius 3 is 3.00 bits per heavy atom. The fourth-order valence-electron chi connectivity index (χ4n) is 2.33. The van der Waals surface area contributed by atoms with E-state index in [0.717, 1.165) is 26.1 Å². The molecule has 0 bridgehead atoms. The number of nitrogens with zero attached hydrogens (tertiary/aromatic N) is 1. The van der Waals surface area contributed by atoms with Gasteiger partial charge in [-0.15, -0.1) is 0 Å². The van der Waals surface area contributed by atoms with E-state index in [0.29, 0.717) is 5.92 Å². The lowest BCUT2D eigenvalue weighted by Gasteiger charge is -2.36. The molecule has 0 aromatic rings. The third kappa shape index (κ3) is 3.73. The summed E-state index contributed by atoms with van der Waals surface area (Å²) in [7, 11) is 3.48. The van der Waals surface area contributed by atoms with E-state index in [9.17, 15) is 4.79 Å². The predicted octanol–water partition coefficient (Wildman–Crippen LogP) is 0.0174. The SMILES string of the molecule is CNCC1CCCN(C(COC)C(=O)O)C1. The number of carboxylic acid groups (broad SMARTS) is 1. The van der Waals surface area contributed by atoms with Crippen molar-refractivity contribution in [2.45, 2.75) is 18.9 Å². The van der Waals surface area contributed by atoms with Crippen molar-refractivity contribution in [3.63, 3.8) is 0 Å². The quantitative estimate of drug-likeness (QED) is 0.673. The maximum atomic E-state index is 11.1. The van der Waals surface area contributed by atoms with Crippen LogP contribution in [-0.2, 0) is 9.53 Å². The molecule has 16 heavy (non-hydrogen) atoms. The van der Waals surface area contributed by atoms with Gasteiger partial charge in [0.2, 0.25) is 0 Å². The number of piperidine rings is 1. The normalized spacial score (nSPS) is 24.2. The molecule has 1 fully saturated rings. The summed E-state index contributed by atoms with van der Waals surface area (Å²) in [6.07, 6.45) is 2.25. The fourth-order valence-corrected chi connectivity index (χ4v) is 2.33. The number of likely N-dealkylation sites (tertiary alicyclic amines) is 1. The van der Waals surface area contributed by atoms with Gasteiger partial charge >= 0.3 is 5.97 Å². The minimum Gasteiger partial charge on any atom is -0.480 e. The molecule has 0 aliphatic carbocycles. The minimum absolute atomic E-state index is 0.265. The number of hydrogen-bond donors (Lipinski definition) is 2. The van der Waals surface area contributed by atoms with E-state index in [1.807, 2.05) is 11.9 Å². The summed E-state index contributed by atoms with van der Waals surface area (Å²) >= 11 is 0. The molecule has 0 amide bonds. The molecule has 0 saturated carbocycles. The summed E-state index contributed by atoms with van der Waals surface area (Å²) in [4.78, 5) is 13.1. The summed E-state index contributed by atoms with van der Waals surface area (Å²) in [5, 5.41) is 12.3. The first-order chi connectivity index (χ1) is 7.69. The van der Waals surface area contributed by atoms with E-state index in [1.165, 1.54) is 6.42 Å². The number of methoxy groups -OCH3 is 1. The van der Waals surface area contributed by atoms with Gasteiger partial charge in [0.05, 0.1) is 6.61 Å². The Balaban J connectivity index is 2.52. The summed E-state index contributed by atoms with van der Waals surface area (Å²) in [5.74, 6) is -0.232. The van der Waals surface area contributed by atoms with Gasteiger partial charge in [-0.2, -0.15) is 0 Å². The molecular formula is C11H22N2O3. The van der Waals surface area contributed by atoms with Crippen molar-refractivity contribution in [3.05, 3.63) is 0 Å². The Morgan fingerprint density at radius 1 is 1.69 bits per heavy atom. The maximum Gasteiger partial charge on any atom is 0.323 e. The lowest BCUT2D eigenvalue weighted by Crippen LogP contribution is -2.50. The second-order valence-corrected chi connectivity index (χ2v) is 4.37. The Labute approximate surface area is 96.8 Å². The van der Waals surface area contributed by atoms with Crippen LogP contribution in [0.5, 0.6) is 0 Å². The fraction of sp³-hybridized carbons (Fsp3) is 0.909. The van der Waals surface area contributed by atoms with Crippen LogP contribution in [0.1, 0.15) is 12.8 Å². The number of rotatable bonds is 6. The molecule has 0 spiro atoms. The molecular weight excluding hydrogens is 208 g/mol. The van der Waals surface area contributed by atoms with Crippen LogP contribution in [0.2, 0.25) is 0 Å². The standard InChI is InChI=1S/C11H22N2O3/c1-12-6-9-4-3-5-13(7-9)10(8-16-2)11(14)15/h9-10,12H,3-8H2,1-2H3,(H,14,15). The second-order valence-electron chi connectivity index (χ2n) is 4.37. The van der Waals surface area contributed by atoms with E-state index in [-0.39, 0.29) is 6.61 Å². The number of carbonyl (C=O) groups is 1. The summed E-state index contributed by atoms with van der Waals surface area (Å²) in [5.41, 5.74) is 0. The van der Waals surface area contributed by atoms with Crippen molar-refractivity contribution in [2.75, 3.05) is 40.4 Å². The zero-order valence-corrected chi connectivity index (χ0v) is 10.1. The third-order valence-electron chi connectivity index (χ3n) is 3.09. The summed E-state index contributed by atoms with van der Waals surface area (Å²) in [6, 6.07) is -0.496. The highest BCUT2D eigenvalue weighted by molar-refractivity contribution is 5.73. The molecule has 5 heteroatoms. The van der Waals surface area contributed by atoms with Gasteiger partial charge in [-0.3, -0.25) is 9.69 Å². The molecule has 1 aliphatic heterocycles. The van der Waals surface area contributed by atoms with Crippen molar-refractivity contribution in [1.82, 2.24) is 10.2 Å². The number of aliphatic carboxylic acids is 1. The number of hydrogen-bond acceptors (Lipinski definition) is 4. The summed E-state index contributed by atoms with van der Waals surface area (Å²) < 4.78 is 4.98. The van der Waals surface area contributed by atoms with E-state index < -0.39 is 12.0 Å². The molecule has 1 aliphatic rings.